The highest BCUT2D eigenvalue weighted by Crippen LogP contribution is 2.27. The van der Waals surface area contributed by atoms with Gasteiger partial charge in [0.1, 0.15) is 5.82 Å². The second-order valence-corrected chi connectivity index (χ2v) is 6.16. The van der Waals surface area contributed by atoms with Crippen LogP contribution >= 0.6 is 11.6 Å². The van der Waals surface area contributed by atoms with Crippen LogP contribution in [0.3, 0.4) is 0 Å². The van der Waals surface area contributed by atoms with Crippen LogP contribution in [0.15, 0.2) is 48.5 Å². The van der Waals surface area contributed by atoms with Crippen molar-refractivity contribution in [2.45, 2.75) is 19.4 Å². The maximum atomic E-state index is 13.5. The van der Waals surface area contributed by atoms with E-state index in [1.807, 2.05) is 0 Å². The number of fused-ring (bicyclic) bond motifs is 1. The normalized spacial score (nSPS) is 12.5. The molecule has 0 fully saturated rings. The summed E-state index contributed by atoms with van der Waals surface area (Å²) in [6.07, 6.45) is 0. The second kappa shape index (κ2) is 7.19. The van der Waals surface area contributed by atoms with Crippen LogP contribution in [0, 0.1) is 0 Å². The molecule has 25 heavy (non-hydrogen) atoms. The molecule has 0 aliphatic heterocycles. The molecule has 1 atom stereocenters. The van der Waals surface area contributed by atoms with Gasteiger partial charge in [0.2, 0.25) is 0 Å². The number of nitrogens with one attached hydrogen (secondary N) is 1. The lowest BCUT2D eigenvalue weighted by atomic mass is 10.1. The Morgan fingerprint density at radius 3 is 2.56 bits per heavy atom. The molecular weight excluding hydrogens is 348 g/mol. The highest BCUT2D eigenvalue weighted by molar-refractivity contribution is 6.30. The molecule has 1 N–H and O–H groups in total. The first kappa shape index (κ1) is 17.4. The van der Waals surface area contributed by atoms with Gasteiger partial charge >= 0.3 is 6.55 Å². The van der Waals surface area contributed by atoms with Gasteiger partial charge in [0.05, 0.1) is 11.0 Å². The smallest absolute Gasteiger partial charge is 0.320 e. The third-order valence-corrected chi connectivity index (χ3v) is 4.19. The van der Waals surface area contributed by atoms with Crippen LogP contribution in [-0.2, 0) is 0 Å². The summed E-state index contributed by atoms with van der Waals surface area (Å²) in [4.78, 5) is 16.5. The molecule has 0 aliphatic carbocycles. The van der Waals surface area contributed by atoms with Gasteiger partial charge in [-0.25, -0.2) is 4.98 Å². The Hall–Kier alpha value is -2.47. The highest BCUT2D eigenvalue weighted by atomic mass is 35.5. The van der Waals surface area contributed by atoms with Crippen LogP contribution in [0.4, 0.5) is 8.78 Å². The predicted octanol–water partition coefficient (Wildman–Crippen LogP) is 4.62. The molecule has 1 aromatic heterocycles. The van der Waals surface area contributed by atoms with E-state index in [-0.39, 0.29) is 24.2 Å². The molecule has 4 nitrogen and oxygen atoms in total. The number of hydrogen-bond acceptors (Lipinski definition) is 2. The van der Waals surface area contributed by atoms with Crippen LogP contribution in [0.5, 0.6) is 0 Å². The van der Waals surface area contributed by atoms with Gasteiger partial charge in [0, 0.05) is 23.0 Å². The number of aromatic nitrogens is 2. The Morgan fingerprint density at radius 2 is 1.88 bits per heavy atom. The molecular formula is C18H16ClF2N3O. The molecule has 0 saturated carbocycles. The van der Waals surface area contributed by atoms with Crippen molar-refractivity contribution in [2.75, 3.05) is 6.54 Å². The minimum atomic E-state index is -2.70. The number of hydrogen-bond donors (Lipinski definition) is 1. The van der Waals surface area contributed by atoms with Crippen LogP contribution < -0.4 is 5.32 Å². The molecule has 0 unspecified atom stereocenters. The van der Waals surface area contributed by atoms with Crippen molar-refractivity contribution in [2.24, 2.45) is 0 Å². The van der Waals surface area contributed by atoms with E-state index < -0.39 is 6.55 Å². The van der Waals surface area contributed by atoms with Gasteiger partial charge in [-0.05, 0) is 36.4 Å². The van der Waals surface area contributed by atoms with Crippen LogP contribution in [0.25, 0.3) is 11.0 Å². The number of carbonyl (C=O) groups is 1. The summed E-state index contributed by atoms with van der Waals surface area (Å²) >= 11 is 5.80. The van der Waals surface area contributed by atoms with Crippen LogP contribution in [-0.4, -0.2) is 22.0 Å². The highest BCUT2D eigenvalue weighted by Gasteiger charge is 2.22. The zero-order valence-corrected chi connectivity index (χ0v) is 14.2. The molecule has 3 aromatic rings. The van der Waals surface area contributed by atoms with Crippen molar-refractivity contribution in [1.29, 1.82) is 0 Å². The molecule has 0 saturated heterocycles. The number of nitrogens with zero attached hydrogens (tertiary/aromatic N) is 2. The van der Waals surface area contributed by atoms with Gasteiger partial charge in [0.15, 0.2) is 0 Å². The number of para-hydroxylation sites is 2. The fraction of sp³-hybridized carbons (Fsp3) is 0.222. The average molecular weight is 364 g/mol. The van der Waals surface area contributed by atoms with Gasteiger partial charge in [0.25, 0.3) is 5.91 Å². The molecule has 130 valence electrons. The van der Waals surface area contributed by atoms with E-state index in [1.165, 1.54) is 0 Å². The standard InChI is InChI=1S/C18H16ClF2N3O/c1-11(10-22-17(25)12-6-8-13(19)9-7-12)16-23-14-4-2-3-5-15(14)24(16)18(20)21/h2-9,11,18H,10H2,1H3,(H,22,25)/t11-/m1/s1. The van der Waals surface area contributed by atoms with Crippen molar-refractivity contribution in [3.8, 4) is 0 Å². The minimum Gasteiger partial charge on any atom is -0.351 e. The Balaban J connectivity index is 1.78. The minimum absolute atomic E-state index is 0.192. The number of halogens is 3. The Morgan fingerprint density at radius 1 is 1.20 bits per heavy atom. The van der Waals surface area contributed by atoms with Crippen molar-refractivity contribution in [1.82, 2.24) is 14.9 Å². The fourth-order valence-corrected chi connectivity index (χ4v) is 2.78. The molecule has 0 radical (unpaired) electrons. The van der Waals surface area contributed by atoms with E-state index in [2.05, 4.69) is 10.3 Å². The zero-order chi connectivity index (χ0) is 18.0. The quantitative estimate of drug-likeness (QED) is 0.719. The number of rotatable bonds is 5. The number of imidazole rings is 1. The zero-order valence-electron chi connectivity index (χ0n) is 13.4. The maximum absolute atomic E-state index is 13.5. The average Bonchev–Trinajstić information content (AvgIpc) is 2.99. The van der Waals surface area contributed by atoms with E-state index >= 15 is 0 Å². The summed E-state index contributed by atoms with van der Waals surface area (Å²) in [5.41, 5.74) is 1.34. The van der Waals surface area contributed by atoms with Crippen LogP contribution in [0.2, 0.25) is 5.02 Å². The summed E-state index contributed by atoms with van der Waals surface area (Å²) in [5, 5.41) is 3.28. The van der Waals surface area contributed by atoms with Crippen molar-refractivity contribution >= 4 is 28.5 Å². The van der Waals surface area contributed by atoms with Crippen molar-refractivity contribution in [3.05, 3.63) is 64.9 Å². The molecule has 1 heterocycles. The van der Waals surface area contributed by atoms with Gasteiger partial charge in [-0.1, -0.05) is 30.7 Å². The number of carbonyl (C=O) groups excluding carboxylic acids is 1. The molecule has 2 aromatic carbocycles. The number of benzene rings is 2. The Labute approximate surface area is 148 Å². The monoisotopic (exact) mass is 363 g/mol. The van der Waals surface area contributed by atoms with E-state index in [4.69, 9.17) is 11.6 Å². The predicted molar refractivity (Wildman–Crippen MR) is 93.2 cm³/mol. The SMILES string of the molecule is C[C@H](CNC(=O)c1ccc(Cl)cc1)c1nc2ccccc2n1C(F)F. The molecule has 1 amide bonds. The third-order valence-electron chi connectivity index (χ3n) is 3.93. The number of amides is 1. The second-order valence-electron chi connectivity index (χ2n) is 5.72. The molecule has 0 bridgehead atoms. The van der Waals surface area contributed by atoms with Gasteiger partial charge in [-0.2, -0.15) is 8.78 Å². The van der Waals surface area contributed by atoms with Crippen molar-refractivity contribution in [3.63, 3.8) is 0 Å². The summed E-state index contributed by atoms with van der Waals surface area (Å²) in [7, 11) is 0. The molecule has 0 aliphatic rings. The van der Waals surface area contributed by atoms with Crippen LogP contribution in [0.1, 0.15) is 35.6 Å². The van der Waals surface area contributed by atoms with Gasteiger partial charge in [-0.15, -0.1) is 0 Å². The van der Waals surface area contributed by atoms with E-state index in [9.17, 15) is 13.6 Å². The van der Waals surface area contributed by atoms with Gasteiger partial charge in [-0.3, -0.25) is 9.36 Å². The lowest BCUT2D eigenvalue weighted by Gasteiger charge is -2.15. The maximum Gasteiger partial charge on any atom is 0.320 e. The first-order chi connectivity index (χ1) is 12.0. The summed E-state index contributed by atoms with van der Waals surface area (Å²) < 4.78 is 27.9. The lowest BCUT2D eigenvalue weighted by molar-refractivity contribution is 0.0704. The lowest BCUT2D eigenvalue weighted by Crippen LogP contribution is -2.28. The van der Waals surface area contributed by atoms with E-state index in [0.29, 0.717) is 21.6 Å². The largest absolute Gasteiger partial charge is 0.351 e. The Bertz CT molecular complexity index is 893. The first-order valence-corrected chi connectivity index (χ1v) is 8.14. The number of alkyl halides is 2. The van der Waals surface area contributed by atoms with E-state index in [0.717, 1.165) is 4.57 Å². The first-order valence-electron chi connectivity index (χ1n) is 7.76. The summed E-state index contributed by atoms with van der Waals surface area (Å²) in [5.74, 6) is -0.423. The van der Waals surface area contributed by atoms with E-state index in [1.54, 1.807) is 55.5 Å². The molecule has 0 spiro atoms. The fourth-order valence-electron chi connectivity index (χ4n) is 2.66. The Kier molecular flexibility index (Phi) is 4.99. The topological polar surface area (TPSA) is 46.9 Å². The summed E-state index contributed by atoms with van der Waals surface area (Å²) in [6, 6.07) is 13.2. The molecule has 7 heteroatoms. The van der Waals surface area contributed by atoms with Gasteiger partial charge < -0.3 is 5.32 Å². The molecule has 3 rings (SSSR count). The van der Waals surface area contributed by atoms with Crippen molar-refractivity contribution < 1.29 is 13.6 Å². The third kappa shape index (κ3) is 3.64. The summed E-state index contributed by atoms with van der Waals surface area (Å²) in [6.45, 7) is -0.753.